The van der Waals surface area contributed by atoms with Gasteiger partial charge in [0.1, 0.15) is 0 Å². The molecule has 1 aliphatic carbocycles. The van der Waals surface area contributed by atoms with Crippen molar-refractivity contribution in [2.75, 3.05) is 31.5 Å². The first-order chi connectivity index (χ1) is 14.6. The van der Waals surface area contributed by atoms with Crippen LogP contribution >= 0.6 is 11.6 Å². The number of allylic oxidation sites excluding steroid dienone is 2. The summed E-state index contributed by atoms with van der Waals surface area (Å²) in [6.45, 7) is 7.82. The summed E-state index contributed by atoms with van der Waals surface area (Å²) in [6.07, 6.45) is 5.55. The molecule has 0 spiro atoms. The number of hydrogen-bond donors (Lipinski definition) is 2. The molecule has 30 heavy (non-hydrogen) atoms. The van der Waals surface area contributed by atoms with E-state index in [0.29, 0.717) is 18.4 Å². The van der Waals surface area contributed by atoms with Crippen LogP contribution in [0, 0.1) is 5.92 Å². The number of nitrogens with one attached hydrogen (secondary N) is 2. The van der Waals surface area contributed by atoms with Gasteiger partial charge in [-0.15, -0.1) is 0 Å². The highest BCUT2D eigenvalue weighted by Crippen LogP contribution is 2.50. The Hall–Kier alpha value is -2.30. The van der Waals surface area contributed by atoms with Crippen LogP contribution in [0.1, 0.15) is 53.7 Å². The molecule has 3 atom stereocenters. The van der Waals surface area contributed by atoms with E-state index in [4.69, 9.17) is 11.6 Å². The predicted molar refractivity (Wildman–Crippen MR) is 124 cm³/mol. The third-order valence-corrected chi connectivity index (χ3v) is 6.82. The number of fused-ring (bicyclic) bond motifs is 3. The van der Waals surface area contributed by atoms with Crippen LogP contribution in [0.4, 0.5) is 5.69 Å². The highest BCUT2D eigenvalue weighted by Gasteiger charge is 2.38. The molecule has 2 aromatic carbocycles. The molecule has 0 saturated heterocycles. The zero-order chi connectivity index (χ0) is 21.1. The van der Waals surface area contributed by atoms with Crippen LogP contribution in [0.25, 0.3) is 0 Å². The number of rotatable bonds is 7. The number of hydrogen-bond acceptors (Lipinski definition) is 3. The monoisotopic (exact) mass is 423 g/mol. The third kappa shape index (κ3) is 4.12. The van der Waals surface area contributed by atoms with Gasteiger partial charge in [-0.2, -0.15) is 0 Å². The van der Waals surface area contributed by atoms with Crippen molar-refractivity contribution >= 4 is 23.2 Å². The molecular formula is C25H30ClN3O. The van der Waals surface area contributed by atoms with Gasteiger partial charge in [-0.25, -0.2) is 0 Å². The molecule has 1 amide bonds. The van der Waals surface area contributed by atoms with Crippen LogP contribution in [-0.2, 0) is 0 Å². The summed E-state index contributed by atoms with van der Waals surface area (Å²) in [5, 5.41) is 7.57. The van der Waals surface area contributed by atoms with Gasteiger partial charge < -0.3 is 15.5 Å². The first kappa shape index (κ1) is 21.0. The molecule has 158 valence electrons. The smallest absolute Gasteiger partial charge is 0.251 e. The van der Waals surface area contributed by atoms with Gasteiger partial charge >= 0.3 is 0 Å². The lowest BCUT2D eigenvalue weighted by molar-refractivity contribution is 0.0949. The highest BCUT2D eigenvalue weighted by molar-refractivity contribution is 6.31. The summed E-state index contributed by atoms with van der Waals surface area (Å²) in [6, 6.07) is 14.3. The van der Waals surface area contributed by atoms with E-state index in [9.17, 15) is 4.79 Å². The molecule has 1 aliphatic heterocycles. The van der Waals surface area contributed by atoms with Crippen molar-refractivity contribution in [3.63, 3.8) is 0 Å². The summed E-state index contributed by atoms with van der Waals surface area (Å²) in [5.41, 5.74) is 4.16. The molecule has 0 bridgehead atoms. The topological polar surface area (TPSA) is 44.4 Å². The van der Waals surface area contributed by atoms with Crippen LogP contribution in [-0.4, -0.2) is 37.0 Å². The Morgan fingerprint density at radius 3 is 2.73 bits per heavy atom. The zero-order valence-corrected chi connectivity index (χ0v) is 18.5. The number of benzene rings is 2. The van der Waals surface area contributed by atoms with Gasteiger partial charge in [0, 0.05) is 35.3 Å². The van der Waals surface area contributed by atoms with Crippen LogP contribution < -0.4 is 10.6 Å². The first-order valence-corrected chi connectivity index (χ1v) is 11.3. The number of likely N-dealkylation sites (N-methyl/N-ethyl adjacent to an activating group) is 1. The lowest BCUT2D eigenvalue weighted by atomic mass is 9.76. The molecule has 0 radical (unpaired) electrons. The van der Waals surface area contributed by atoms with E-state index in [2.05, 4.69) is 53.7 Å². The first-order valence-electron chi connectivity index (χ1n) is 10.9. The van der Waals surface area contributed by atoms with E-state index in [1.54, 1.807) is 0 Å². The summed E-state index contributed by atoms with van der Waals surface area (Å²) < 4.78 is 0. The van der Waals surface area contributed by atoms with Crippen molar-refractivity contribution in [3.05, 3.63) is 76.3 Å². The second-order valence-corrected chi connectivity index (χ2v) is 8.49. The molecule has 1 heterocycles. The maximum Gasteiger partial charge on any atom is 0.251 e. The van der Waals surface area contributed by atoms with E-state index < -0.39 is 0 Å². The van der Waals surface area contributed by atoms with E-state index in [0.717, 1.165) is 47.9 Å². The lowest BCUT2D eigenvalue weighted by Crippen LogP contribution is -2.35. The number of carbonyl (C=O) groups is 1. The van der Waals surface area contributed by atoms with E-state index >= 15 is 0 Å². The van der Waals surface area contributed by atoms with Crippen molar-refractivity contribution in [1.82, 2.24) is 10.2 Å². The molecule has 0 fully saturated rings. The summed E-state index contributed by atoms with van der Waals surface area (Å²) in [4.78, 5) is 15.0. The fraction of sp³-hybridized carbons (Fsp3) is 0.400. The third-order valence-electron chi connectivity index (χ3n) is 6.47. The minimum Gasteiger partial charge on any atom is -0.378 e. The number of halogens is 1. The largest absolute Gasteiger partial charge is 0.378 e. The van der Waals surface area contributed by atoms with E-state index in [-0.39, 0.29) is 11.9 Å². The van der Waals surface area contributed by atoms with Gasteiger partial charge in [0.2, 0.25) is 0 Å². The van der Waals surface area contributed by atoms with Gasteiger partial charge in [-0.3, -0.25) is 4.79 Å². The van der Waals surface area contributed by atoms with Gasteiger partial charge in [0.05, 0.1) is 6.04 Å². The molecule has 0 aromatic heterocycles. The maximum atomic E-state index is 12.7. The van der Waals surface area contributed by atoms with Crippen LogP contribution in [0.2, 0.25) is 5.02 Å². The molecular weight excluding hydrogens is 394 g/mol. The zero-order valence-electron chi connectivity index (χ0n) is 17.7. The van der Waals surface area contributed by atoms with Crippen LogP contribution in [0.3, 0.4) is 0 Å². The molecule has 2 aliphatic rings. The van der Waals surface area contributed by atoms with Crippen molar-refractivity contribution in [1.29, 1.82) is 0 Å². The number of anilines is 1. The average molecular weight is 424 g/mol. The van der Waals surface area contributed by atoms with Gasteiger partial charge in [0.25, 0.3) is 5.91 Å². The number of amides is 1. The Kier molecular flexibility index (Phi) is 6.45. The molecule has 5 heteroatoms. The van der Waals surface area contributed by atoms with Crippen molar-refractivity contribution < 1.29 is 4.79 Å². The molecule has 0 saturated carbocycles. The molecule has 3 unspecified atom stereocenters. The Bertz CT molecular complexity index is 938. The summed E-state index contributed by atoms with van der Waals surface area (Å²) >= 11 is 6.52. The highest BCUT2D eigenvalue weighted by atomic mass is 35.5. The van der Waals surface area contributed by atoms with Crippen molar-refractivity contribution in [2.24, 2.45) is 5.92 Å². The standard InChI is InChI=1S/C25H30ClN3O/c1-3-29(4-2)15-14-27-25(30)17-12-13-23-21(16-17)18-9-7-10-19(18)24(28-23)20-8-5-6-11-22(20)26/h5-9,11-13,16,18-19,24,28H,3-4,10,14-15H2,1-2H3,(H,27,30). The molecule has 4 rings (SSSR count). The van der Waals surface area contributed by atoms with Gasteiger partial charge in [0.15, 0.2) is 0 Å². The van der Waals surface area contributed by atoms with Gasteiger partial charge in [-0.05, 0) is 60.8 Å². The lowest BCUT2D eigenvalue weighted by Gasteiger charge is -2.38. The second kappa shape index (κ2) is 9.23. The Morgan fingerprint density at radius 1 is 1.17 bits per heavy atom. The van der Waals surface area contributed by atoms with Crippen LogP contribution in [0.5, 0.6) is 0 Å². The maximum absolute atomic E-state index is 12.7. The SMILES string of the molecule is CCN(CC)CCNC(=O)c1ccc2c(c1)C1C=CCC1C(c1ccccc1Cl)N2. The normalized spacial score (nSPS) is 21.8. The number of nitrogens with zero attached hydrogens (tertiary/aromatic N) is 1. The van der Waals surface area contributed by atoms with Crippen molar-refractivity contribution in [3.8, 4) is 0 Å². The molecule has 4 nitrogen and oxygen atoms in total. The number of carbonyl (C=O) groups excluding carboxylic acids is 1. The predicted octanol–water partition coefficient (Wildman–Crippen LogP) is 5.24. The average Bonchev–Trinajstić information content (AvgIpc) is 3.26. The quantitative estimate of drug-likeness (QED) is 0.598. The molecule has 2 N–H and O–H groups in total. The van der Waals surface area contributed by atoms with Crippen molar-refractivity contribution in [2.45, 2.75) is 32.2 Å². The Morgan fingerprint density at radius 2 is 1.97 bits per heavy atom. The van der Waals surface area contributed by atoms with Gasteiger partial charge in [-0.1, -0.05) is 55.8 Å². The second-order valence-electron chi connectivity index (χ2n) is 8.08. The minimum atomic E-state index is -0.00305. The fourth-order valence-corrected chi connectivity index (χ4v) is 4.99. The fourth-order valence-electron chi connectivity index (χ4n) is 4.74. The Balaban J connectivity index is 1.53. The summed E-state index contributed by atoms with van der Waals surface area (Å²) in [5.74, 6) is 0.695. The minimum absolute atomic E-state index is 0.00305. The Labute approximate surface area is 184 Å². The van der Waals surface area contributed by atoms with Crippen LogP contribution in [0.15, 0.2) is 54.6 Å². The summed E-state index contributed by atoms with van der Waals surface area (Å²) in [7, 11) is 0. The van der Waals surface area contributed by atoms with E-state index in [1.807, 2.05) is 30.3 Å². The van der Waals surface area contributed by atoms with E-state index in [1.165, 1.54) is 5.56 Å². The molecule has 2 aromatic rings.